The maximum atomic E-state index is 12.6. The Bertz CT molecular complexity index is 972. The second kappa shape index (κ2) is 7.21. The Morgan fingerprint density at radius 1 is 1.00 bits per heavy atom. The van der Waals surface area contributed by atoms with Crippen molar-refractivity contribution in [3.63, 3.8) is 0 Å². The minimum absolute atomic E-state index is 0.125. The van der Waals surface area contributed by atoms with Crippen molar-refractivity contribution in [1.82, 2.24) is 0 Å². The van der Waals surface area contributed by atoms with Gasteiger partial charge in [0.2, 0.25) is 0 Å². The molecule has 0 N–H and O–H groups in total. The Morgan fingerprint density at radius 2 is 1.72 bits per heavy atom. The highest BCUT2D eigenvalue weighted by Gasteiger charge is 2.12. The Balaban J connectivity index is 1.95. The summed E-state index contributed by atoms with van der Waals surface area (Å²) < 4.78 is 5.23. The van der Waals surface area contributed by atoms with E-state index in [1.54, 1.807) is 55.6 Å². The molecule has 0 unspecified atom stereocenters. The number of carbonyl (C=O) groups is 1. The summed E-state index contributed by atoms with van der Waals surface area (Å²) in [7, 11) is 1.56. The lowest BCUT2D eigenvalue weighted by Crippen LogP contribution is -2.01. The summed E-state index contributed by atoms with van der Waals surface area (Å²) in [5.41, 5.74) is 3.30. The van der Waals surface area contributed by atoms with Crippen LogP contribution in [0.4, 0.5) is 0 Å². The van der Waals surface area contributed by atoms with E-state index in [2.05, 4.69) is 6.07 Å². The number of nitrogens with zero attached hydrogens (tertiary/aromatic N) is 1. The van der Waals surface area contributed by atoms with Crippen LogP contribution < -0.4 is 4.74 Å². The number of halogens is 1. The van der Waals surface area contributed by atoms with Gasteiger partial charge < -0.3 is 4.74 Å². The van der Waals surface area contributed by atoms with Crippen LogP contribution >= 0.6 is 11.6 Å². The first kappa shape index (κ1) is 16.8. The van der Waals surface area contributed by atoms with Gasteiger partial charge in [-0.25, -0.2) is 0 Å². The third kappa shape index (κ3) is 3.55. The topological polar surface area (TPSA) is 50.1 Å². The van der Waals surface area contributed by atoms with Gasteiger partial charge in [0, 0.05) is 11.1 Å². The number of rotatable bonds is 4. The first-order chi connectivity index (χ1) is 12.1. The van der Waals surface area contributed by atoms with E-state index < -0.39 is 0 Å². The fourth-order valence-electron chi connectivity index (χ4n) is 2.56. The molecule has 25 heavy (non-hydrogen) atoms. The van der Waals surface area contributed by atoms with Crippen LogP contribution in [0.15, 0.2) is 66.7 Å². The summed E-state index contributed by atoms with van der Waals surface area (Å²) in [5, 5.41) is 9.57. The average Bonchev–Trinajstić information content (AvgIpc) is 2.67. The summed E-state index contributed by atoms with van der Waals surface area (Å²) >= 11 is 6.10. The lowest BCUT2D eigenvalue weighted by atomic mass is 9.98. The van der Waals surface area contributed by atoms with E-state index in [4.69, 9.17) is 21.6 Å². The number of ether oxygens (including phenoxy) is 1. The monoisotopic (exact) mass is 347 g/mol. The van der Waals surface area contributed by atoms with Crippen LogP contribution in [0.5, 0.6) is 5.75 Å². The number of hydrogen-bond donors (Lipinski definition) is 0. The van der Waals surface area contributed by atoms with Gasteiger partial charge in [-0.2, -0.15) is 5.26 Å². The van der Waals surface area contributed by atoms with Crippen LogP contribution in [0, 0.1) is 11.3 Å². The molecule has 0 saturated carbocycles. The molecule has 4 heteroatoms. The van der Waals surface area contributed by atoms with E-state index in [0.717, 1.165) is 11.1 Å². The lowest BCUT2D eigenvalue weighted by molar-refractivity contribution is 0.103. The molecular formula is C21H14ClNO2. The number of benzene rings is 3. The molecule has 0 saturated heterocycles. The van der Waals surface area contributed by atoms with E-state index in [9.17, 15) is 4.79 Å². The Morgan fingerprint density at radius 3 is 2.36 bits per heavy atom. The minimum Gasteiger partial charge on any atom is -0.497 e. The third-order valence-electron chi connectivity index (χ3n) is 3.87. The number of ketones is 1. The highest BCUT2D eigenvalue weighted by Crippen LogP contribution is 2.27. The molecule has 0 amide bonds. The van der Waals surface area contributed by atoms with Gasteiger partial charge in [-0.3, -0.25) is 4.79 Å². The van der Waals surface area contributed by atoms with Gasteiger partial charge in [-0.1, -0.05) is 48.0 Å². The van der Waals surface area contributed by atoms with Crippen molar-refractivity contribution in [3.8, 4) is 22.9 Å². The van der Waals surface area contributed by atoms with Crippen LogP contribution in [-0.4, -0.2) is 12.9 Å². The largest absolute Gasteiger partial charge is 0.497 e. The van der Waals surface area contributed by atoms with Crippen molar-refractivity contribution in [1.29, 1.82) is 5.26 Å². The summed E-state index contributed by atoms with van der Waals surface area (Å²) in [6.07, 6.45) is 0. The molecule has 0 spiro atoms. The third-order valence-corrected chi connectivity index (χ3v) is 4.20. The zero-order valence-corrected chi connectivity index (χ0v) is 14.2. The molecule has 122 valence electrons. The molecule has 3 aromatic rings. The Labute approximate surface area is 151 Å². The van der Waals surface area contributed by atoms with Crippen molar-refractivity contribution >= 4 is 17.4 Å². The zero-order chi connectivity index (χ0) is 17.8. The molecule has 0 fully saturated rings. The van der Waals surface area contributed by atoms with Gasteiger partial charge in [0.05, 0.1) is 23.8 Å². The number of hydrogen-bond acceptors (Lipinski definition) is 3. The first-order valence-corrected chi connectivity index (χ1v) is 7.99. The summed E-state index contributed by atoms with van der Waals surface area (Å²) in [4.78, 5) is 12.6. The first-order valence-electron chi connectivity index (χ1n) is 7.61. The number of methoxy groups -OCH3 is 1. The van der Waals surface area contributed by atoms with Crippen molar-refractivity contribution in [2.24, 2.45) is 0 Å². The van der Waals surface area contributed by atoms with E-state index in [-0.39, 0.29) is 5.78 Å². The molecule has 3 nitrogen and oxygen atoms in total. The van der Waals surface area contributed by atoms with E-state index in [0.29, 0.717) is 27.5 Å². The summed E-state index contributed by atoms with van der Waals surface area (Å²) in [5.74, 6) is 0.491. The maximum absolute atomic E-state index is 12.6. The molecule has 0 bridgehead atoms. The van der Waals surface area contributed by atoms with Crippen molar-refractivity contribution in [2.45, 2.75) is 0 Å². The van der Waals surface area contributed by atoms with Crippen LogP contribution in [0.25, 0.3) is 11.1 Å². The van der Waals surface area contributed by atoms with Gasteiger partial charge in [0.25, 0.3) is 0 Å². The van der Waals surface area contributed by atoms with Crippen LogP contribution in [0.2, 0.25) is 5.02 Å². The lowest BCUT2D eigenvalue weighted by Gasteiger charge is -2.08. The van der Waals surface area contributed by atoms with Gasteiger partial charge in [0.1, 0.15) is 5.75 Å². The number of carbonyl (C=O) groups excluding carboxylic acids is 1. The molecule has 0 aliphatic heterocycles. The van der Waals surface area contributed by atoms with Crippen LogP contribution in [0.3, 0.4) is 0 Å². The molecule has 0 atom stereocenters. The molecule has 0 radical (unpaired) electrons. The smallest absolute Gasteiger partial charge is 0.194 e. The van der Waals surface area contributed by atoms with Crippen LogP contribution in [-0.2, 0) is 0 Å². The van der Waals surface area contributed by atoms with Gasteiger partial charge in [-0.05, 0) is 41.5 Å². The van der Waals surface area contributed by atoms with Crippen molar-refractivity contribution in [3.05, 3.63) is 88.4 Å². The van der Waals surface area contributed by atoms with Crippen LogP contribution in [0.1, 0.15) is 21.5 Å². The average molecular weight is 348 g/mol. The number of nitriles is 1. The van der Waals surface area contributed by atoms with E-state index in [1.807, 2.05) is 18.2 Å². The highest BCUT2D eigenvalue weighted by molar-refractivity contribution is 6.35. The van der Waals surface area contributed by atoms with Gasteiger partial charge >= 0.3 is 0 Å². The molecular weight excluding hydrogens is 334 g/mol. The molecule has 3 rings (SSSR count). The SMILES string of the molecule is COc1cc(C#N)cc(-c2ccc(C(=O)c3ccccc3Cl)cc2)c1. The second-order valence-corrected chi connectivity index (χ2v) is 5.86. The normalized spacial score (nSPS) is 10.1. The molecule has 3 aromatic carbocycles. The molecule has 0 heterocycles. The van der Waals surface area contributed by atoms with Gasteiger partial charge in [0.15, 0.2) is 5.78 Å². The Kier molecular flexibility index (Phi) is 4.83. The van der Waals surface area contributed by atoms with Gasteiger partial charge in [-0.15, -0.1) is 0 Å². The predicted octanol–water partition coefficient (Wildman–Crippen LogP) is 5.12. The quantitative estimate of drug-likeness (QED) is 0.615. The summed E-state index contributed by atoms with van der Waals surface area (Å²) in [6, 6.07) is 21.6. The minimum atomic E-state index is -0.125. The molecule has 0 aliphatic rings. The van der Waals surface area contributed by atoms with E-state index >= 15 is 0 Å². The molecule has 0 aliphatic carbocycles. The van der Waals surface area contributed by atoms with Crippen molar-refractivity contribution < 1.29 is 9.53 Å². The van der Waals surface area contributed by atoms with E-state index in [1.165, 1.54) is 0 Å². The molecule has 0 aromatic heterocycles. The predicted molar refractivity (Wildman–Crippen MR) is 98.0 cm³/mol. The van der Waals surface area contributed by atoms with Crippen molar-refractivity contribution in [2.75, 3.05) is 7.11 Å². The fourth-order valence-corrected chi connectivity index (χ4v) is 2.78. The maximum Gasteiger partial charge on any atom is 0.194 e. The highest BCUT2D eigenvalue weighted by atomic mass is 35.5. The summed E-state index contributed by atoms with van der Waals surface area (Å²) in [6.45, 7) is 0. The second-order valence-electron chi connectivity index (χ2n) is 5.45. The standard InChI is InChI=1S/C21H14ClNO2/c1-25-18-11-14(13-23)10-17(12-18)15-6-8-16(9-7-15)21(24)19-4-2-3-5-20(19)22/h2-12H,1H3. The fraction of sp³-hybridized carbons (Fsp3) is 0.0476. The Hall–Kier alpha value is -3.09. The zero-order valence-electron chi connectivity index (χ0n) is 13.5.